The molecule has 0 radical (unpaired) electrons. The molecule has 1 saturated heterocycles. The molecule has 5 heteroatoms. The second kappa shape index (κ2) is 11.1. The van der Waals surface area contributed by atoms with E-state index in [1.54, 1.807) is 0 Å². The second-order valence-electron chi connectivity index (χ2n) is 6.95. The van der Waals surface area contributed by atoms with E-state index in [1.807, 2.05) is 30.3 Å². The highest BCUT2D eigenvalue weighted by Gasteiger charge is 2.17. The number of ether oxygens (including phenoxy) is 2. The van der Waals surface area contributed by atoms with Gasteiger partial charge in [-0.2, -0.15) is 0 Å². The summed E-state index contributed by atoms with van der Waals surface area (Å²) >= 11 is 2.28. The molecule has 146 valence electrons. The molecule has 1 unspecified atom stereocenters. The molecule has 1 fully saturated rings. The Balaban J connectivity index is 1.57. The van der Waals surface area contributed by atoms with Crippen molar-refractivity contribution in [3.63, 3.8) is 0 Å². The Labute approximate surface area is 175 Å². The number of aliphatic hydroxyl groups is 1. The van der Waals surface area contributed by atoms with E-state index in [2.05, 4.69) is 51.8 Å². The van der Waals surface area contributed by atoms with E-state index in [0.29, 0.717) is 13.2 Å². The standard InChI is InChI=1S/C22H28INO3/c23-20-11-9-19(10-12-20)21(25)17-24(16-18-6-2-1-3-7-18)13-15-27-22-8-4-5-14-26-22/h1-3,6-7,9-12,21-22,25H,4-5,8,13-17H2/t21-,22?/m0/s1. The van der Waals surface area contributed by atoms with Crippen molar-refractivity contribution in [3.05, 3.63) is 69.3 Å². The summed E-state index contributed by atoms with van der Waals surface area (Å²) in [5.74, 6) is 0. The van der Waals surface area contributed by atoms with Crippen LogP contribution in [0.4, 0.5) is 0 Å². The first-order chi connectivity index (χ1) is 13.2. The fraction of sp³-hybridized carbons (Fsp3) is 0.455. The third-order valence-corrected chi connectivity index (χ3v) is 5.50. The molecule has 0 bridgehead atoms. The van der Waals surface area contributed by atoms with Crippen molar-refractivity contribution in [2.45, 2.75) is 38.2 Å². The monoisotopic (exact) mass is 481 g/mol. The average molecular weight is 481 g/mol. The van der Waals surface area contributed by atoms with Crippen LogP contribution in [0.5, 0.6) is 0 Å². The SMILES string of the molecule is O[C@@H](CN(CCOC1CCCCO1)Cc1ccccc1)c1ccc(I)cc1. The van der Waals surface area contributed by atoms with E-state index >= 15 is 0 Å². The topological polar surface area (TPSA) is 41.9 Å². The van der Waals surface area contributed by atoms with E-state index in [-0.39, 0.29) is 6.29 Å². The maximum Gasteiger partial charge on any atom is 0.157 e. The Kier molecular flexibility index (Phi) is 8.54. The van der Waals surface area contributed by atoms with Gasteiger partial charge in [0, 0.05) is 29.8 Å². The van der Waals surface area contributed by atoms with Gasteiger partial charge in [0.1, 0.15) is 0 Å². The summed E-state index contributed by atoms with van der Waals surface area (Å²) in [5.41, 5.74) is 2.19. The van der Waals surface area contributed by atoms with Crippen molar-refractivity contribution in [1.82, 2.24) is 4.90 Å². The van der Waals surface area contributed by atoms with Crippen LogP contribution in [-0.4, -0.2) is 42.6 Å². The zero-order chi connectivity index (χ0) is 18.9. The lowest BCUT2D eigenvalue weighted by atomic mass is 10.1. The first kappa shape index (κ1) is 20.7. The summed E-state index contributed by atoms with van der Waals surface area (Å²) in [6, 6.07) is 18.4. The minimum Gasteiger partial charge on any atom is -0.387 e. The molecule has 2 atom stereocenters. The molecule has 0 spiro atoms. The molecule has 1 aliphatic heterocycles. The molecule has 1 heterocycles. The van der Waals surface area contributed by atoms with Crippen molar-refractivity contribution in [1.29, 1.82) is 0 Å². The van der Waals surface area contributed by atoms with Gasteiger partial charge >= 0.3 is 0 Å². The molecule has 1 aliphatic rings. The summed E-state index contributed by atoms with van der Waals surface area (Å²) in [7, 11) is 0. The van der Waals surface area contributed by atoms with Crippen LogP contribution >= 0.6 is 22.6 Å². The van der Waals surface area contributed by atoms with Gasteiger partial charge in [-0.25, -0.2) is 0 Å². The number of hydrogen-bond acceptors (Lipinski definition) is 4. The minimum atomic E-state index is -0.517. The molecule has 4 nitrogen and oxygen atoms in total. The Hall–Kier alpha value is -0.990. The normalized spacial score (nSPS) is 18.6. The maximum atomic E-state index is 10.7. The molecule has 2 aromatic rings. The molecule has 0 aliphatic carbocycles. The highest BCUT2D eigenvalue weighted by Crippen LogP contribution is 2.18. The third kappa shape index (κ3) is 7.16. The van der Waals surface area contributed by atoms with Crippen LogP contribution in [0.1, 0.15) is 36.5 Å². The summed E-state index contributed by atoms with van der Waals surface area (Å²) in [6.45, 7) is 3.53. The van der Waals surface area contributed by atoms with Crippen LogP contribution in [-0.2, 0) is 16.0 Å². The molecule has 2 aromatic carbocycles. The van der Waals surface area contributed by atoms with Gasteiger partial charge in [0.25, 0.3) is 0 Å². The molecule has 0 amide bonds. The minimum absolute atomic E-state index is 0.0709. The molecule has 27 heavy (non-hydrogen) atoms. The van der Waals surface area contributed by atoms with Crippen LogP contribution in [0.2, 0.25) is 0 Å². The zero-order valence-electron chi connectivity index (χ0n) is 15.6. The van der Waals surface area contributed by atoms with E-state index in [4.69, 9.17) is 9.47 Å². The van der Waals surface area contributed by atoms with Crippen LogP contribution in [0.3, 0.4) is 0 Å². The van der Waals surface area contributed by atoms with Crippen molar-refractivity contribution >= 4 is 22.6 Å². The third-order valence-electron chi connectivity index (χ3n) is 4.78. The Morgan fingerprint density at radius 1 is 1.11 bits per heavy atom. The Bertz CT molecular complexity index is 659. The number of benzene rings is 2. The van der Waals surface area contributed by atoms with Gasteiger partial charge in [-0.1, -0.05) is 42.5 Å². The summed E-state index contributed by atoms with van der Waals surface area (Å²) in [4.78, 5) is 2.25. The lowest BCUT2D eigenvalue weighted by Gasteiger charge is -2.27. The van der Waals surface area contributed by atoms with E-state index in [9.17, 15) is 5.11 Å². The van der Waals surface area contributed by atoms with Crippen molar-refractivity contribution < 1.29 is 14.6 Å². The summed E-state index contributed by atoms with van der Waals surface area (Å²) < 4.78 is 12.7. The summed E-state index contributed by atoms with van der Waals surface area (Å²) in [6.07, 6.45) is 2.69. The predicted molar refractivity (Wildman–Crippen MR) is 115 cm³/mol. The number of hydrogen-bond donors (Lipinski definition) is 1. The highest BCUT2D eigenvalue weighted by atomic mass is 127. The molecule has 1 N–H and O–H groups in total. The fourth-order valence-corrected chi connectivity index (χ4v) is 3.63. The fourth-order valence-electron chi connectivity index (χ4n) is 3.27. The first-order valence-corrected chi connectivity index (χ1v) is 10.7. The van der Waals surface area contributed by atoms with Gasteiger partial charge in [0.05, 0.1) is 12.7 Å². The van der Waals surface area contributed by atoms with Crippen LogP contribution < -0.4 is 0 Å². The van der Waals surface area contributed by atoms with Gasteiger partial charge in [-0.05, 0) is 65.1 Å². The van der Waals surface area contributed by atoms with Crippen molar-refractivity contribution in [2.75, 3.05) is 26.3 Å². The van der Waals surface area contributed by atoms with Crippen LogP contribution in [0, 0.1) is 3.57 Å². The number of nitrogens with zero attached hydrogens (tertiary/aromatic N) is 1. The largest absolute Gasteiger partial charge is 0.387 e. The van der Waals surface area contributed by atoms with E-state index < -0.39 is 6.10 Å². The van der Waals surface area contributed by atoms with Gasteiger partial charge in [-0.15, -0.1) is 0 Å². The Morgan fingerprint density at radius 3 is 2.59 bits per heavy atom. The second-order valence-corrected chi connectivity index (χ2v) is 8.20. The molecular formula is C22H28INO3. The number of halogens is 1. The lowest BCUT2D eigenvalue weighted by Crippen LogP contribution is -2.33. The van der Waals surface area contributed by atoms with Crippen LogP contribution in [0.15, 0.2) is 54.6 Å². The summed E-state index contributed by atoms with van der Waals surface area (Å²) in [5, 5.41) is 10.7. The zero-order valence-corrected chi connectivity index (χ0v) is 17.8. The van der Waals surface area contributed by atoms with Crippen molar-refractivity contribution in [3.8, 4) is 0 Å². The molecule has 0 aromatic heterocycles. The predicted octanol–water partition coefficient (Wildman–Crippen LogP) is 4.37. The van der Waals surface area contributed by atoms with Crippen LogP contribution in [0.25, 0.3) is 0 Å². The highest BCUT2D eigenvalue weighted by molar-refractivity contribution is 14.1. The number of aliphatic hydroxyl groups excluding tert-OH is 1. The number of rotatable bonds is 9. The van der Waals surface area contributed by atoms with Gasteiger partial charge in [-0.3, -0.25) is 4.90 Å². The smallest absolute Gasteiger partial charge is 0.157 e. The lowest BCUT2D eigenvalue weighted by molar-refractivity contribution is -0.164. The van der Waals surface area contributed by atoms with E-state index in [1.165, 1.54) is 15.6 Å². The Morgan fingerprint density at radius 2 is 1.89 bits per heavy atom. The molecular weight excluding hydrogens is 453 g/mol. The van der Waals surface area contributed by atoms with E-state index in [0.717, 1.165) is 38.1 Å². The first-order valence-electron chi connectivity index (χ1n) is 9.64. The quantitative estimate of drug-likeness (QED) is 0.541. The molecule has 3 rings (SSSR count). The molecule has 0 saturated carbocycles. The van der Waals surface area contributed by atoms with Gasteiger partial charge in [0.2, 0.25) is 0 Å². The van der Waals surface area contributed by atoms with Crippen molar-refractivity contribution in [2.24, 2.45) is 0 Å². The maximum absolute atomic E-state index is 10.7. The van der Waals surface area contributed by atoms with Gasteiger partial charge < -0.3 is 14.6 Å². The average Bonchev–Trinajstić information content (AvgIpc) is 2.70. The van der Waals surface area contributed by atoms with Gasteiger partial charge in [0.15, 0.2) is 6.29 Å².